The van der Waals surface area contributed by atoms with Crippen molar-refractivity contribution in [2.75, 3.05) is 6.54 Å². The summed E-state index contributed by atoms with van der Waals surface area (Å²) in [7, 11) is 2.05. The van der Waals surface area contributed by atoms with Crippen molar-refractivity contribution < 1.29 is 8.83 Å². The quantitative estimate of drug-likeness (QED) is 0.743. The first-order chi connectivity index (χ1) is 10.7. The molecule has 114 valence electrons. The van der Waals surface area contributed by atoms with Crippen molar-refractivity contribution in [2.24, 2.45) is 7.05 Å². The fraction of sp³-hybridized carbons (Fsp3) is 0.375. The summed E-state index contributed by atoms with van der Waals surface area (Å²) in [5.74, 6) is 2.06. The second-order valence-corrected chi connectivity index (χ2v) is 5.71. The summed E-state index contributed by atoms with van der Waals surface area (Å²) in [6.07, 6.45) is 4.54. The Morgan fingerprint density at radius 1 is 1.36 bits per heavy atom. The van der Waals surface area contributed by atoms with E-state index in [1.165, 1.54) is 11.4 Å². The molecule has 0 amide bonds. The molecule has 4 rings (SSSR count). The molecular weight excluding hydrogens is 280 g/mol. The number of rotatable bonds is 3. The van der Waals surface area contributed by atoms with Crippen LogP contribution in [-0.2, 0) is 26.6 Å². The Morgan fingerprint density at radius 2 is 2.27 bits per heavy atom. The van der Waals surface area contributed by atoms with Gasteiger partial charge in [-0.05, 0) is 19.1 Å². The van der Waals surface area contributed by atoms with Gasteiger partial charge in [0, 0.05) is 38.8 Å². The Kier molecular flexibility index (Phi) is 3.11. The third-order valence-electron chi connectivity index (χ3n) is 4.18. The molecule has 0 spiro atoms. The Bertz CT molecular complexity index is 785. The van der Waals surface area contributed by atoms with Crippen LogP contribution in [0, 0.1) is 6.92 Å². The van der Waals surface area contributed by atoms with E-state index in [0.29, 0.717) is 11.7 Å². The summed E-state index contributed by atoms with van der Waals surface area (Å²) < 4.78 is 13.2. The molecule has 22 heavy (non-hydrogen) atoms. The lowest BCUT2D eigenvalue weighted by atomic mass is 10.1. The Morgan fingerprint density at radius 3 is 3.09 bits per heavy atom. The molecule has 0 fully saturated rings. The lowest BCUT2D eigenvalue weighted by Crippen LogP contribution is -2.31. The van der Waals surface area contributed by atoms with Crippen molar-refractivity contribution >= 4 is 0 Å². The minimum Gasteiger partial charge on any atom is -0.459 e. The molecule has 0 bridgehead atoms. The zero-order valence-electron chi connectivity index (χ0n) is 12.7. The molecule has 0 saturated carbocycles. The topological polar surface area (TPSA) is 60.2 Å². The molecular formula is C16H18N4O2. The molecule has 0 unspecified atom stereocenters. The number of hydrogen-bond donors (Lipinski definition) is 0. The fourth-order valence-electron chi connectivity index (χ4n) is 2.94. The van der Waals surface area contributed by atoms with E-state index in [4.69, 9.17) is 8.83 Å². The number of imidazole rings is 1. The lowest BCUT2D eigenvalue weighted by molar-refractivity contribution is 0.236. The smallest absolute Gasteiger partial charge is 0.263 e. The number of hydrogen-bond acceptors (Lipinski definition) is 5. The largest absolute Gasteiger partial charge is 0.459 e. The van der Waals surface area contributed by atoms with Gasteiger partial charge in [0.25, 0.3) is 5.89 Å². The Balaban J connectivity index is 1.53. The van der Waals surface area contributed by atoms with Gasteiger partial charge in [0.05, 0.1) is 24.0 Å². The van der Waals surface area contributed by atoms with Crippen LogP contribution in [0.4, 0.5) is 0 Å². The van der Waals surface area contributed by atoms with Crippen molar-refractivity contribution in [1.82, 2.24) is 19.4 Å². The maximum absolute atomic E-state index is 5.72. The van der Waals surface area contributed by atoms with Gasteiger partial charge in [0.1, 0.15) is 5.76 Å². The SMILES string of the molecule is Cc1oc(-c2ccco2)nc1CN1CCc2c(ncn2C)C1. The minimum absolute atomic E-state index is 0.549. The van der Waals surface area contributed by atoms with Crippen molar-refractivity contribution in [3.8, 4) is 11.7 Å². The van der Waals surface area contributed by atoms with Crippen LogP contribution in [0.25, 0.3) is 11.7 Å². The molecule has 0 aliphatic carbocycles. The summed E-state index contributed by atoms with van der Waals surface area (Å²) in [4.78, 5) is 11.4. The first-order valence-electron chi connectivity index (χ1n) is 7.42. The van der Waals surface area contributed by atoms with Gasteiger partial charge in [-0.3, -0.25) is 4.90 Å². The Hall–Kier alpha value is -2.34. The minimum atomic E-state index is 0.549. The zero-order chi connectivity index (χ0) is 15.1. The molecule has 1 aliphatic heterocycles. The van der Waals surface area contributed by atoms with E-state index in [-0.39, 0.29) is 0 Å². The second-order valence-electron chi connectivity index (χ2n) is 5.71. The first-order valence-corrected chi connectivity index (χ1v) is 7.42. The van der Waals surface area contributed by atoms with E-state index in [9.17, 15) is 0 Å². The summed E-state index contributed by atoms with van der Waals surface area (Å²) in [6.45, 7) is 4.59. The van der Waals surface area contributed by atoms with E-state index < -0.39 is 0 Å². The maximum Gasteiger partial charge on any atom is 0.263 e. The molecule has 0 radical (unpaired) electrons. The lowest BCUT2D eigenvalue weighted by Gasteiger charge is -2.25. The van der Waals surface area contributed by atoms with Crippen LogP contribution < -0.4 is 0 Å². The van der Waals surface area contributed by atoms with Gasteiger partial charge >= 0.3 is 0 Å². The highest BCUT2D eigenvalue weighted by Gasteiger charge is 2.22. The number of aryl methyl sites for hydroxylation is 2. The van der Waals surface area contributed by atoms with Crippen LogP contribution in [0.15, 0.2) is 33.6 Å². The first kappa shape index (κ1) is 13.3. The highest BCUT2D eigenvalue weighted by Crippen LogP contribution is 2.24. The molecule has 4 heterocycles. The van der Waals surface area contributed by atoms with Gasteiger partial charge in [-0.15, -0.1) is 0 Å². The average Bonchev–Trinajstić information content (AvgIpc) is 3.22. The molecule has 0 atom stereocenters. The normalized spacial score (nSPS) is 15.2. The van der Waals surface area contributed by atoms with E-state index in [0.717, 1.165) is 37.5 Å². The summed E-state index contributed by atoms with van der Waals surface area (Å²) in [5, 5.41) is 0. The Labute approximate surface area is 128 Å². The third kappa shape index (κ3) is 2.25. The highest BCUT2D eigenvalue weighted by atomic mass is 16.4. The number of furan rings is 1. The van der Waals surface area contributed by atoms with Crippen LogP contribution in [0.2, 0.25) is 0 Å². The zero-order valence-corrected chi connectivity index (χ0v) is 12.7. The third-order valence-corrected chi connectivity index (χ3v) is 4.18. The number of nitrogens with zero attached hydrogens (tertiary/aromatic N) is 4. The molecule has 0 N–H and O–H groups in total. The van der Waals surface area contributed by atoms with Gasteiger partial charge in [-0.2, -0.15) is 0 Å². The molecule has 0 saturated heterocycles. The van der Waals surface area contributed by atoms with E-state index in [1.807, 2.05) is 25.4 Å². The summed E-state index contributed by atoms with van der Waals surface area (Å²) in [6, 6.07) is 3.69. The average molecular weight is 298 g/mol. The van der Waals surface area contributed by atoms with E-state index >= 15 is 0 Å². The van der Waals surface area contributed by atoms with Crippen LogP contribution in [0.3, 0.4) is 0 Å². The summed E-state index contributed by atoms with van der Waals surface area (Å²) in [5.41, 5.74) is 3.47. The van der Waals surface area contributed by atoms with E-state index in [2.05, 4.69) is 26.5 Å². The van der Waals surface area contributed by atoms with E-state index in [1.54, 1.807) is 6.26 Å². The van der Waals surface area contributed by atoms with Gasteiger partial charge < -0.3 is 13.4 Å². The standard InChI is InChI=1S/C16H18N4O2/c1-11-12(18-16(22-11)15-4-3-7-21-15)8-20-6-5-14-13(9-20)17-10-19(14)2/h3-4,7,10H,5-6,8-9H2,1-2H3. The molecule has 6 nitrogen and oxygen atoms in total. The molecule has 6 heteroatoms. The van der Waals surface area contributed by atoms with Crippen LogP contribution in [0.1, 0.15) is 22.8 Å². The predicted octanol–water partition coefficient (Wildman–Crippen LogP) is 2.53. The van der Waals surface area contributed by atoms with Gasteiger partial charge in [-0.25, -0.2) is 9.97 Å². The van der Waals surface area contributed by atoms with Crippen molar-refractivity contribution in [1.29, 1.82) is 0 Å². The number of aromatic nitrogens is 3. The van der Waals surface area contributed by atoms with Gasteiger partial charge in [-0.1, -0.05) is 0 Å². The predicted molar refractivity (Wildman–Crippen MR) is 80.0 cm³/mol. The maximum atomic E-state index is 5.72. The van der Waals surface area contributed by atoms with Gasteiger partial charge in [0.2, 0.25) is 0 Å². The molecule has 0 aromatic carbocycles. The van der Waals surface area contributed by atoms with Crippen molar-refractivity contribution in [2.45, 2.75) is 26.4 Å². The monoisotopic (exact) mass is 298 g/mol. The number of fused-ring (bicyclic) bond motifs is 1. The van der Waals surface area contributed by atoms with Crippen molar-refractivity contribution in [3.63, 3.8) is 0 Å². The van der Waals surface area contributed by atoms with Gasteiger partial charge in [0.15, 0.2) is 5.76 Å². The van der Waals surface area contributed by atoms with Crippen LogP contribution in [-0.4, -0.2) is 26.0 Å². The second kappa shape index (κ2) is 5.14. The van der Waals surface area contributed by atoms with Crippen LogP contribution >= 0.6 is 0 Å². The van der Waals surface area contributed by atoms with Crippen LogP contribution in [0.5, 0.6) is 0 Å². The summed E-state index contributed by atoms with van der Waals surface area (Å²) >= 11 is 0. The fourth-order valence-corrected chi connectivity index (χ4v) is 2.94. The molecule has 3 aromatic rings. The molecule has 1 aliphatic rings. The number of oxazole rings is 1. The van der Waals surface area contributed by atoms with Crippen molar-refractivity contribution in [3.05, 3.63) is 47.6 Å². The highest BCUT2D eigenvalue weighted by molar-refractivity contribution is 5.44. The molecule has 3 aromatic heterocycles.